The molecule has 1 aliphatic rings. The number of hydrogen-bond donors (Lipinski definition) is 1. The van der Waals surface area contributed by atoms with Gasteiger partial charge in [-0.25, -0.2) is 0 Å². The molecule has 1 fully saturated rings. The molecule has 1 saturated heterocycles. The number of amides is 2. The lowest BCUT2D eigenvalue weighted by Gasteiger charge is -2.41. The smallest absolute Gasteiger partial charge is 0.376 e. The van der Waals surface area contributed by atoms with Crippen LogP contribution >= 0.6 is 0 Å². The predicted molar refractivity (Wildman–Crippen MR) is 89.5 cm³/mol. The van der Waals surface area contributed by atoms with Crippen LogP contribution in [0.2, 0.25) is 0 Å². The first-order valence-corrected chi connectivity index (χ1v) is 8.37. The lowest BCUT2D eigenvalue weighted by atomic mass is 9.91. The highest BCUT2D eigenvalue weighted by molar-refractivity contribution is 5.94. The Bertz CT molecular complexity index is 743. The summed E-state index contributed by atoms with van der Waals surface area (Å²) in [5, 5.41) is 18.0. The van der Waals surface area contributed by atoms with E-state index >= 15 is 0 Å². The van der Waals surface area contributed by atoms with E-state index in [1.807, 2.05) is 6.07 Å². The summed E-state index contributed by atoms with van der Waals surface area (Å²) in [6.45, 7) is 1.78. The largest absolute Gasteiger partial charge is 0.423 e. The fourth-order valence-corrected chi connectivity index (χ4v) is 3.26. The van der Waals surface area contributed by atoms with Crippen LogP contribution in [0.3, 0.4) is 0 Å². The zero-order valence-electron chi connectivity index (χ0n) is 14.9. The van der Waals surface area contributed by atoms with Gasteiger partial charge >= 0.3 is 6.18 Å². The topological polar surface area (TPSA) is 84.6 Å². The van der Waals surface area contributed by atoms with Gasteiger partial charge in [-0.15, -0.1) is 0 Å². The van der Waals surface area contributed by atoms with Gasteiger partial charge in [0.1, 0.15) is 0 Å². The minimum atomic E-state index is -5.00. The van der Waals surface area contributed by atoms with E-state index in [1.165, 1.54) is 17.0 Å². The molecule has 0 saturated carbocycles. The number of nitriles is 1. The van der Waals surface area contributed by atoms with Crippen LogP contribution in [-0.4, -0.2) is 65.2 Å². The molecule has 1 heterocycles. The van der Waals surface area contributed by atoms with Crippen LogP contribution in [0.4, 0.5) is 13.2 Å². The van der Waals surface area contributed by atoms with Crippen LogP contribution in [0.15, 0.2) is 24.3 Å². The molecule has 0 spiro atoms. The number of carbonyl (C=O) groups is 2. The molecule has 0 radical (unpaired) electrons. The molecule has 3 unspecified atom stereocenters. The van der Waals surface area contributed by atoms with Crippen molar-refractivity contribution in [3.8, 4) is 6.07 Å². The van der Waals surface area contributed by atoms with Gasteiger partial charge in [0.05, 0.1) is 11.6 Å². The third-order valence-corrected chi connectivity index (χ3v) is 4.79. The van der Waals surface area contributed by atoms with Crippen LogP contribution in [0.25, 0.3) is 0 Å². The van der Waals surface area contributed by atoms with Gasteiger partial charge in [0, 0.05) is 31.7 Å². The van der Waals surface area contributed by atoms with Crippen molar-refractivity contribution in [2.24, 2.45) is 5.92 Å². The summed E-state index contributed by atoms with van der Waals surface area (Å²) < 4.78 is 37.6. The van der Waals surface area contributed by atoms with Crippen molar-refractivity contribution in [2.45, 2.75) is 31.7 Å². The number of aliphatic hydroxyl groups excluding tert-OH is 1. The minimum Gasteiger partial charge on any atom is -0.376 e. The highest BCUT2D eigenvalue weighted by atomic mass is 19.4. The van der Waals surface area contributed by atoms with Crippen molar-refractivity contribution in [2.75, 3.05) is 20.1 Å². The molecular weight excluding hydrogens is 363 g/mol. The SMILES string of the molecule is CC1CN(C(=O)C(O)C(F)(F)F)CCC1N(C)C(=O)c1ccc(C#N)cc1. The second-order valence-corrected chi connectivity index (χ2v) is 6.67. The van der Waals surface area contributed by atoms with E-state index in [-0.39, 0.29) is 31.0 Å². The number of alkyl halides is 3. The first-order valence-electron chi connectivity index (χ1n) is 8.37. The molecule has 0 aliphatic carbocycles. The van der Waals surface area contributed by atoms with Gasteiger partial charge in [-0.05, 0) is 36.6 Å². The van der Waals surface area contributed by atoms with Gasteiger partial charge in [0.25, 0.3) is 11.8 Å². The van der Waals surface area contributed by atoms with Crippen LogP contribution in [0.5, 0.6) is 0 Å². The normalized spacial score (nSPS) is 21.3. The van der Waals surface area contributed by atoms with Gasteiger partial charge in [0.2, 0.25) is 6.10 Å². The number of aliphatic hydroxyl groups is 1. The first kappa shape index (κ1) is 20.7. The van der Waals surface area contributed by atoms with Crippen LogP contribution < -0.4 is 0 Å². The van der Waals surface area contributed by atoms with Crippen molar-refractivity contribution in [3.63, 3.8) is 0 Å². The number of nitrogens with zero attached hydrogens (tertiary/aromatic N) is 3. The first-order chi connectivity index (χ1) is 12.6. The lowest BCUT2D eigenvalue weighted by molar-refractivity contribution is -0.211. The quantitative estimate of drug-likeness (QED) is 0.863. The van der Waals surface area contributed by atoms with Gasteiger partial charge in [-0.1, -0.05) is 6.92 Å². The summed E-state index contributed by atoms with van der Waals surface area (Å²) in [4.78, 5) is 26.9. The van der Waals surface area contributed by atoms with Crippen molar-refractivity contribution in [1.29, 1.82) is 5.26 Å². The van der Waals surface area contributed by atoms with E-state index in [4.69, 9.17) is 10.4 Å². The van der Waals surface area contributed by atoms with Crippen molar-refractivity contribution in [3.05, 3.63) is 35.4 Å². The van der Waals surface area contributed by atoms with Crippen LogP contribution in [0, 0.1) is 17.2 Å². The van der Waals surface area contributed by atoms with Crippen LogP contribution in [0.1, 0.15) is 29.3 Å². The van der Waals surface area contributed by atoms with Crippen molar-refractivity contribution in [1.82, 2.24) is 9.80 Å². The molecule has 1 aromatic rings. The highest BCUT2D eigenvalue weighted by Gasteiger charge is 2.46. The zero-order chi connectivity index (χ0) is 20.4. The summed E-state index contributed by atoms with van der Waals surface area (Å²) in [6, 6.07) is 7.85. The second kappa shape index (κ2) is 7.96. The fraction of sp³-hybridized carbons (Fsp3) is 0.500. The predicted octanol–water partition coefficient (Wildman–Crippen LogP) is 1.79. The average molecular weight is 383 g/mol. The third kappa shape index (κ3) is 4.57. The number of hydrogen-bond acceptors (Lipinski definition) is 4. The summed E-state index contributed by atoms with van der Waals surface area (Å²) >= 11 is 0. The Morgan fingerprint density at radius 3 is 2.41 bits per heavy atom. The van der Waals surface area contributed by atoms with Crippen molar-refractivity contribution < 1.29 is 27.9 Å². The molecule has 2 rings (SSSR count). The molecule has 146 valence electrons. The molecule has 1 aliphatic heterocycles. The Morgan fingerprint density at radius 2 is 1.93 bits per heavy atom. The van der Waals surface area contributed by atoms with E-state index in [1.54, 1.807) is 26.1 Å². The Balaban J connectivity index is 2.03. The van der Waals surface area contributed by atoms with E-state index in [9.17, 15) is 22.8 Å². The highest BCUT2D eigenvalue weighted by Crippen LogP contribution is 2.26. The summed E-state index contributed by atoms with van der Waals surface area (Å²) in [7, 11) is 1.60. The molecule has 3 atom stereocenters. The third-order valence-electron chi connectivity index (χ3n) is 4.79. The molecule has 0 aromatic heterocycles. The van der Waals surface area contributed by atoms with Crippen LogP contribution in [-0.2, 0) is 4.79 Å². The fourth-order valence-electron chi connectivity index (χ4n) is 3.26. The maximum Gasteiger partial charge on any atom is 0.423 e. The number of carbonyl (C=O) groups excluding carboxylic acids is 2. The minimum absolute atomic E-state index is 0.0155. The average Bonchev–Trinajstić information content (AvgIpc) is 2.64. The molecular formula is C18H20F3N3O3. The molecule has 0 bridgehead atoms. The Morgan fingerprint density at radius 1 is 1.33 bits per heavy atom. The number of rotatable bonds is 3. The molecule has 1 N–H and O–H groups in total. The Labute approximate surface area is 154 Å². The molecule has 2 amide bonds. The second-order valence-electron chi connectivity index (χ2n) is 6.67. The Kier molecular flexibility index (Phi) is 6.11. The van der Waals surface area contributed by atoms with Gasteiger partial charge in [0.15, 0.2) is 0 Å². The van der Waals surface area contributed by atoms with E-state index < -0.39 is 18.2 Å². The number of likely N-dealkylation sites (tertiary alicyclic amines) is 1. The summed E-state index contributed by atoms with van der Waals surface area (Å²) in [5.41, 5.74) is 0.826. The summed E-state index contributed by atoms with van der Waals surface area (Å²) in [6.07, 6.45) is -7.73. The monoisotopic (exact) mass is 383 g/mol. The Hall–Kier alpha value is -2.60. The zero-order valence-corrected chi connectivity index (χ0v) is 14.9. The maximum atomic E-state index is 12.6. The molecule has 1 aromatic carbocycles. The number of halogens is 3. The van der Waals surface area contributed by atoms with Gasteiger partial charge < -0.3 is 14.9 Å². The lowest BCUT2D eigenvalue weighted by Crippen LogP contribution is -2.55. The van der Waals surface area contributed by atoms with Crippen molar-refractivity contribution >= 4 is 11.8 Å². The van der Waals surface area contributed by atoms with E-state index in [0.717, 1.165) is 4.90 Å². The molecule has 27 heavy (non-hydrogen) atoms. The molecule has 9 heteroatoms. The standard InChI is InChI=1S/C18H20F3N3O3/c1-11-10-24(17(27)15(25)18(19,20)21)8-7-14(11)23(2)16(26)13-5-3-12(9-22)4-6-13/h3-6,11,14-15,25H,7-8,10H2,1-2H3. The van der Waals surface area contributed by atoms with E-state index in [2.05, 4.69) is 0 Å². The molecule has 6 nitrogen and oxygen atoms in total. The summed E-state index contributed by atoms with van der Waals surface area (Å²) in [5.74, 6) is -1.91. The van der Waals surface area contributed by atoms with Gasteiger partial charge in [-0.3, -0.25) is 9.59 Å². The van der Waals surface area contributed by atoms with E-state index in [0.29, 0.717) is 17.5 Å². The number of benzene rings is 1. The van der Waals surface area contributed by atoms with Gasteiger partial charge in [-0.2, -0.15) is 18.4 Å². The maximum absolute atomic E-state index is 12.6. The number of piperidine rings is 1.